The number of hydrogen-bond donors (Lipinski definition) is 1. The SMILES string of the molecule is CC(=CCCNC1CC1)Cc1ccncc1Cl. The lowest BCUT2D eigenvalue weighted by Gasteiger charge is -2.04. The molecule has 1 aromatic heterocycles. The lowest BCUT2D eigenvalue weighted by atomic mass is 10.1. The summed E-state index contributed by atoms with van der Waals surface area (Å²) in [6, 6.07) is 2.79. The van der Waals surface area contributed by atoms with Gasteiger partial charge in [0.2, 0.25) is 0 Å². The number of allylic oxidation sites excluding steroid dienone is 1. The second-order valence-corrected chi connectivity index (χ2v) is 5.12. The van der Waals surface area contributed by atoms with E-state index in [2.05, 4.69) is 23.3 Å². The van der Waals surface area contributed by atoms with Crippen LogP contribution in [0.25, 0.3) is 0 Å². The number of aromatic nitrogens is 1. The van der Waals surface area contributed by atoms with Crippen LogP contribution in [0, 0.1) is 0 Å². The van der Waals surface area contributed by atoms with E-state index in [0.29, 0.717) is 0 Å². The quantitative estimate of drug-likeness (QED) is 0.619. The van der Waals surface area contributed by atoms with Crippen LogP contribution >= 0.6 is 11.6 Å². The summed E-state index contributed by atoms with van der Waals surface area (Å²) in [7, 11) is 0. The maximum absolute atomic E-state index is 6.08. The number of pyridine rings is 1. The summed E-state index contributed by atoms with van der Waals surface area (Å²) in [6.07, 6.45) is 10.5. The lowest BCUT2D eigenvalue weighted by Crippen LogP contribution is -2.16. The Morgan fingerprint density at radius 2 is 2.41 bits per heavy atom. The summed E-state index contributed by atoms with van der Waals surface area (Å²) in [6.45, 7) is 3.25. The van der Waals surface area contributed by atoms with Crippen LogP contribution in [-0.4, -0.2) is 17.6 Å². The Hall–Kier alpha value is -0.860. The molecule has 1 N–H and O–H groups in total. The van der Waals surface area contributed by atoms with E-state index in [1.807, 2.05) is 6.07 Å². The van der Waals surface area contributed by atoms with E-state index in [1.165, 1.54) is 18.4 Å². The molecule has 1 heterocycles. The first-order valence-electron chi connectivity index (χ1n) is 6.23. The average Bonchev–Trinajstić information content (AvgIpc) is 3.12. The number of halogens is 1. The fourth-order valence-electron chi connectivity index (χ4n) is 1.81. The fourth-order valence-corrected chi connectivity index (χ4v) is 2.00. The van der Waals surface area contributed by atoms with Crippen LogP contribution in [0.2, 0.25) is 5.02 Å². The van der Waals surface area contributed by atoms with E-state index < -0.39 is 0 Å². The van der Waals surface area contributed by atoms with E-state index in [-0.39, 0.29) is 0 Å². The van der Waals surface area contributed by atoms with Crippen molar-refractivity contribution in [3.63, 3.8) is 0 Å². The molecule has 0 bridgehead atoms. The summed E-state index contributed by atoms with van der Waals surface area (Å²) in [5, 5.41) is 4.27. The van der Waals surface area contributed by atoms with Crippen molar-refractivity contribution in [2.24, 2.45) is 0 Å². The Labute approximate surface area is 108 Å². The zero-order chi connectivity index (χ0) is 12.1. The molecule has 0 unspecified atom stereocenters. The zero-order valence-corrected chi connectivity index (χ0v) is 11.0. The summed E-state index contributed by atoms with van der Waals surface area (Å²) in [5.74, 6) is 0. The van der Waals surface area contributed by atoms with Gasteiger partial charge in [0.1, 0.15) is 0 Å². The summed E-state index contributed by atoms with van der Waals surface area (Å²) in [5.41, 5.74) is 2.53. The molecule has 1 aliphatic rings. The minimum atomic E-state index is 0.761. The summed E-state index contributed by atoms with van der Waals surface area (Å²) in [4.78, 5) is 3.99. The Morgan fingerprint density at radius 1 is 1.59 bits per heavy atom. The van der Waals surface area contributed by atoms with Gasteiger partial charge < -0.3 is 5.32 Å². The highest BCUT2D eigenvalue weighted by atomic mass is 35.5. The standard InChI is InChI=1S/C14H19ClN2/c1-11(3-2-7-17-13-4-5-13)9-12-6-8-16-10-14(12)15/h3,6,8,10,13,17H,2,4-5,7,9H2,1H3. The Bertz CT molecular complexity index is 397. The molecule has 0 saturated heterocycles. The number of hydrogen-bond acceptors (Lipinski definition) is 2. The molecule has 3 heteroatoms. The molecule has 1 fully saturated rings. The second-order valence-electron chi connectivity index (χ2n) is 4.71. The molecule has 2 nitrogen and oxygen atoms in total. The Kier molecular flexibility index (Phi) is 4.57. The van der Waals surface area contributed by atoms with Crippen LogP contribution in [-0.2, 0) is 6.42 Å². The molecule has 92 valence electrons. The minimum Gasteiger partial charge on any atom is -0.314 e. The van der Waals surface area contributed by atoms with Crippen LogP contribution in [0.3, 0.4) is 0 Å². The van der Waals surface area contributed by atoms with Crippen molar-refractivity contribution in [1.82, 2.24) is 10.3 Å². The predicted molar refractivity (Wildman–Crippen MR) is 72.3 cm³/mol. The minimum absolute atomic E-state index is 0.761. The first-order valence-corrected chi connectivity index (χ1v) is 6.61. The molecular formula is C14H19ClN2. The maximum atomic E-state index is 6.08. The van der Waals surface area contributed by atoms with Crippen LogP contribution < -0.4 is 5.32 Å². The van der Waals surface area contributed by atoms with Crippen molar-refractivity contribution in [2.75, 3.05) is 6.54 Å². The van der Waals surface area contributed by atoms with Gasteiger partial charge in [0.15, 0.2) is 0 Å². The lowest BCUT2D eigenvalue weighted by molar-refractivity contribution is 0.688. The first-order chi connectivity index (χ1) is 8.25. The van der Waals surface area contributed by atoms with Gasteiger partial charge in [-0.2, -0.15) is 0 Å². The third-order valence-corrected chi connectivity index (χ3v) is 3.31. The van der Waals surface area contributed by atoms with E-state index in [1.54, 1.807) is 12.4 Å². The van der Waals surface area contributed by atoms with Gasteiger partial charge in [0, 0.05) is 18.4 Å². The normalized spacial score (nSPS) is 16.2. The van der Waals surface area contributed by atoms with Crippen LogP contribution in [0.15, 0.2) is 30.1 Å². The van der Waals surface area contributed by atoms with Crippen molar-refractivity contribution in [1.29, 1.82) is 0 Å². The van der Waals surface area contributed by atoms with Crippen LogP contribution in [0.4, 0.5) is 0 Å². The smallest absolute Gasteiger partial charge is 0.0624 e. The molecule has 17 heavy (non-hydrogen) atoms. The molecular weight excluding hydrogens is 232 g/mol. The third-order valence-electron chi connectivity index (χ3n) is 2.97. The fraction of sp³-hybridized carbons (Fsp3) is 0.500. The van der Waals surface area contributed by atoms with Gasteiger partial charge in [-0.05, 0) is 50.8 Å². The van der Waals surface area contributed by atoms with Gasteiger partial charge in [-0.15, -0.1) is 0 Å². The summed E-state index contributed by atoms with van der Waals surface area (Å²) >= 11 is 6.08. The molecule has 0 atom stereocenters. The largest absolute Gasteiger partial charge is 0.314 e. The molecule has 1 aliphatic carbocycles. The molecule has 0 spiro atoms. The maximum Gasteiger partial charge on any atom is 0.0624 e. The van der Waals surface area contributed by atoms with Gasteiger partial charge >= 0.3 is 0 Å². The topological polar surface area (TPSA) is 24.9 Å². The molecule has 2 rings (SSSR count). The molecule has 0 radical (unpaired) electrons. The van der Waals surface area contributed by atoms with Gasteiger partial charge in [-0.1, -0.05) is 23.3 Å². The van der Waals surface area contributed by atoms with Crippen molar-refractivity contribution in [3.8, 4) is 0 Å². The van der Waals surface area contributed by atoms with Crippen molar-refractivity contribution >= 4 is 11.6 Å². The van der Waals surface area contributed by atoms with Crippen LogP contribution in [0.5, 0.6) is 0 Å². The first kappa shape index (κ1) is 12.6. The second kappa shape index (κ2) is 6.18. The Morgan fingerprint density at radius 3 is 3.12 bits per heavy atom. The predicted octanol–water partition coefficient (Wildman–Crippen LogP) is 3.37. The monoisotopic (exact) mass is 250 g/mol. The highest BCUT2D eigenvalue weighted by Gasteiger charge is 2.19. The van der Waals surface area contributed by atoms with Gasteiger partial charge in [-0.25, -0.2) is 0 Å². The zero-order valence-electron chi connectivity index (χ0n) is 10.2. The van der Waals surface area contributed by atoms with Gasteiger partial charge in [-0.3, -0.25) is 4.98 Å². The van der Waals surface area contributed by atoms with E-state index >= 15 is 0 Å². The van der Waals surface area contributed by atoms with E-state index in [0.717, 1.165) is 36.0 Å². The molecule has 0 amide bonds. The number of rotatable bonds is 6. The van der Waals surface area contributed by atoms with Crippen LogP contribution in [0.1, 0.15) is 31.7 Å². The van der Waals surface area contributed by atoms with Crippen molar-refractivity contribution < 1.29 is 0 Å². The molecule has 1 aromatic rings. The highest BCUT2D eigenvalue weighted by molar-refractivity contribution is 6.31. The molecule has 0 aliphatic heterocycles. The van der Waals surface area contributed by atoms with Gasteiger partial charge in [0.05, 0.1) is 5.02 Å². The van der Waals surface area contributed by atoms with Crippen molar-refractivity contribution in [2.45, 2.75) is 38.6 Å². The number of nitrogens with zero attached hydrogens (tertiary/aromatic N) is 1. The molecule has 0 aromatic carbocycles. The van der Waals surface area contributed by atoms with E-state index in [9.17, 15) is 0 Å². The summed E-state index contributed by atoms with van der Waals surface area (Å²) < 4.78 is 0. The van der Waals surface area contributed by atoms with Gasteiger partial charge in [0.25, 0.3) is 0 Å². The Balaban J connectivity index is 1.76. The highest BCUT2D eigenvalue weighted by Crippen LogP contribution is 2.19. The van der Waals surface area contributed by atoms with E-state index in [4.69, 9.17) is 11.6 Å². The third kappa shape index (κ3) is 4.49. The molecule has 1 saturated carbocycles. The number of nitrogens with one attached hydrogen (secondary N) is 1. The average molecular weight is 251 g/mol. The van der Waals surface area contributed by atoms with Crippen molar-refractivity contribution in [3.05, 3.63) is 40.7 Å².